The fourth-order valence-electron chi connectivity index (χ4n) is 4.45. The van der Waals surface area contributed by atoms with Crippen molar-refractivity contribution in [2.75, 3.05) is 37.9 Å². The van der Waals surface area contributed by atoms with Gasteiger partial charge in [-0.25, -0.2) is 16.8 Å². The highest BCUT2D eigenvalue weighted by atomic mass is 32.2. The summed E-state index contributed by atoms with van der Waals surface area (Å²) >= 11 is 0.985. The highest BCUT2D eigenvalue weighted by Gasteiger charge is 2.29. The van der Waals surface area contributed by atoms with E-state index in [-0.39, 0.29) is 20.4 Å². The number of nitrogens with one attached hydrogen (secondary N) is 1. The van der Waals surface area contributed by atoms with E-state index in [9.17, 15) is 21.6 Å². The number of aryl methyl sites for hydroxylation is 1. The van der Waals surface area contributed by atoms with Crippen LogP contribution in [0.5, 0.6) is 0 Å². The van der Waals surface area contributed by atoms with Gasteiger partial charge in [0.1, 0.15) is 0 Å². The first-order valence-corrected chi connectivity index (χ1v) is 15.8. The third-order valence-corrected chi connectivity index (χ3v) is 11.0. The predicted octanol–water partition coefficient (Wildman–Crippen LogP) is 3.16. The normalized spacial score (nSPS) is 15.6. The molecule has 38 heavy (non-hydrogen) atoms. The van der Waals surface area contributed by atoms with Crippen molar-refractivity contribution in [3.05, 3.63) is 87.5 Å². The van der Waals surface area contributed by atoms with Crippen molar-refractivity contribution >= 4 is 47.3 Å². The minimum absolute atomic E-state index is 0.0119. The molecule has 200 valence electrons. The second kappa shape index (κ2) is 10.3. The van der Waals surface area contributed by atoms with Gasteiger partial charge in [0.15, 0.2) is 0 Å². The zero-order valence-corrected chi connectivity index (χ0v) is 23.4. The van der Waals surface area contributed by atoms with Crippen LogP contribution in [-0.4, -0.2) is 63.8 Å². The third kappa shape index (κ3) is 5.27. The SMILES string of the molecule is Cc1ccc(NS(=O)(=O)c2ccc3c(c2)sc(=O)n3Cc2ccccc2)cc1S(=O)(=O)N1CCN(C)CC1. The van der Waals surface area contributed by atoms with E-state index in [2.05, 4.69) is 9.62 Å². The van der Waals surface area contributed by atoms with E-state index in [4.69, 9.17) is 0 Å². The van der Waals surface area contributed by atoms with Crippen LogP contribution in [-0.2, 0) is 26.6 Å². The Balaban J connectivity index is 1.42. The fraction of sp³-hybridized carbons (Fsp3) is 0.269. The average Bonchev–Trinajstić information content (AvgIpc) is 3.20. The number of aromatic nitrogens is 1. The zero-order chi connectivity index (χ0) is 27.1. The summed E-state index contributed by atoms with van der Waals surface area (Å²) in [6.07, 6.45) is 0. The molecule has 0 saturated carbocycles. The van der Waals surface area contributed by atoms with Crippen LogP contribution in [0.2, 0.25) is 0 Å². The quantitative estimate of drug-likeness (QED) is 0.365. The Kier molecular flexibility index (Phi) is 7.18. The number of fused-ring (bicyclic) bond motifs is 1. The first-order chi connectivity index (χ1) is 18.0. The van der Waals surface area contributed by atoms with Crippen molar-refractivity contribution < 1.29 is 16.8 Å². The van der Waals surface area contributed by atoms with Gasteiger partial charge >= 0.3 is 4.87 Å². The molecule has 0 radical (unpaired) electrons. The molecule has 4 aromatic rings. The Labute approximate surface area is 226 Å². The number of anilines is 1. The van der Waals surface area contributed by atoms with E-state index < -0.39 is 20.0 Å². The van der Waals surface area contributed by atoms with Crippen molar-refractivity contribution in [1.82, 2.24) is 13.8 Å². The van der Waals surface area contributed by atoms with Gasteiger partial charge in [0.05, 0.1) is 32.2 Å². The van der Waals surface area contributed by atoms with E-state index in [0.29, 0.717) is 48.5 Å². The molecule has 1 aliphatic rings. The smallest absolute Gasteiger partial charge is 0.304 e. The predicted molar refractivity (Wildman–Crippen MR) is 150 cm³/mol. The van der Waals surface area contributed by atoms with Crippen molar-refractivity contribution in [2.24, 2.45) is 0 Å². The molecule has 3 aromatic carbocycles. The van der Waals surface area contributed by atoms with Crippen LogP contribution < -0.4 is 9.60 Å². The van der Waals surface area contributed by atoms with Gasteiger partial charge in [-0.05, 0) is 55.4 Å². The summed E-state index contributed by atoms with van der Waals surface area (Å²) in [5.74, 6) is 0. The molecule has 1 saturated heterocycles. The van der Waals surface area contributed by atoms with E-state index in [1.165, 1.54) is 22.5 Å². The standard InChI is InChI=1S/C26H28N4O5S3/c1-19-8-9-21(16-25(19)38(34,35)29-14-12-28(2)13-15-29)27-37(32,33)22-10-11-23-24(17-22)36-26(31)30(23)18-20-6-4-3-5-7-20/h3-11,16-17,27H,12-15,18H2,1-2H3. The molecule has 0 aliphatic carbocycles. The summed E-state index contributed by atoms with van der Waals surface area (Å²) < 4.78 is 59.3. The molecule has 0 unspecified atom stereocenters. The number of piperazine rings is 1. The number of rotatable bonds is 7. The lowest BCUT2D eigenvalue weighted by Crippen LogP contribution is -2.47. The molecular weight excluding hydrogens is 545 g/mol. The monoisotopic (exact) mass is 572 g/mol. The Morgan fingerprint density at radius 2 is 1.61 bits per heavy atom. The van der Waals surface area contributed by atoms with Crippen LogP contribution in [0.1, 0.15) is 11.1 Å². The van der Waals surface area contributed by atoms with Crippen molar-refractivity contribution in [3.63, 3.8) is 0 Å². The van der Waals surface area contributed by atoms with E-state index in [1.807, 2.05) is 37.4 Å². The zero-order valence-electron chi connectivity index (χ0n) is 21.0. The van der Waals surface area contributed by atoms with Crippen LogP contribution in [0.25, 0.3) is 10.2 Å². The number of nitrogens with zero attached hydrogens (tertiary/aromatic N) is 3. The van der Waals surface area contributed by atoms with Gasteiger partial charge in [0, 0.05) is 26.2 Å². The Bertz CT molecular complexity index is 1760. The fourth-order valence-corrected chi connectivity index (χ4v) is 8.21. The minimum Gasteiger partial charge on any atom is -0.304 e. The van der Waals surface area contributed by atoms with Gasteiger partial charge in [-0.1, -0.05) is 47.7 Å². The average molecular weight is 573 g/mol. The maximum atomic E-state index is 13.3. The molecule has 1 aliphatic heterocycles. The van der Waals surface area contributed by atoms with Crippen LogP contribution in [0.4, 0.5) is 5.69 Å². The molecule has 1 aromatic heterocycles. The molecule has 0 spiro atoms. The lowest BCUT2D eigenvalue weighted by molar-refractivity contribution is 0.222. The second-order valence-electron chi connectivity index (χ2n) is 9.36. The summed E-state index contributed by atoms with van der Waals surface area (Å²) in [6, 6.07) is 18.6. The van der Waals surface area contributed by atoms with Crippen molar-refractivity contribution in [2.45, 2.75) is 23.3 Å². The Hall–Kier alpha value is -3.03. The minimum atomic E-state index is -4.04. The van der Waals surface area contributed by atoms with Crippen LogP contribution in [0.3, 0.4) is 0 Å². The molecule has 0 bridgehead atoms. The van der Waals surface area contributed by atoms with Crippen LogP contribution in [0, 0.1) is 6.92 Å². The molecule has 0 amide bonds. The molecule has 9 nitrogen and oxygen atoms in total. The van der Waals surface area contributed by atoms with Crippen molar-refractivity contribution in [3.8, 4) is 0 Å². The van der Waals surface area contributed by atoms with Gasteiger partial charge in [-0.3, -0.25) is 14.1 Å². The lowest BCUT2D eigenvalue weighted by Gasteiger charge is -2.32. The largest absolute Gasteiger partial charge is 0.308 e. The second-order valence-corrected chi connectivity index (χ2v) is 13.9. The van der Waals surface area contributed by atoms with Crippen molar-refractivity contribution in [1.29, 1.82) is 0 Å². The van der Waals surface area contributed by atoms with Crippen LogP contribution in [0.15, 0.2) is 81.3 Å². The molecule has 1 N–H and O–H groups in total. The lowest BCUT2D eigenvalue weighted by atomic mass is 10.2. The Morgan fingerprint density at radius 3 is 2.32 bits per heavy atom. The first kappa shape index (κ1) is 26.6. The van der Waals surface area contributed by atoms with Gasteiger partial charge in [0.2, 0.25) is 10.0 Å². The maximum absolute atomic E-state index is 13.3. The Morgan fingerprint density at radius 1 is 0.895 bits per heavy atom. The van der Waals surface area contributed by atoms with E-state index >= 15 is 0 Å². The van der Waals surface area contributed by atoms with E-state index in [1.54, 1.807) is 29.7 Å². The van der Waals surface area contributed by atoms with Gasteiger partial charge in [0.25, 0.3) is 10.0 Å². The number of hydrogen-bond acceptors (Lipinski definition) is 7. The number of sulfonamides is 2. The highest BCUT2D eigenvalue weighted by Crippen LogP contribution is 2.28. The topological polar surface area (TPSA) is 109 Å². The summed E-state index contributed by atoms with van der Waals surface area (Å²) in [5.41, 5.74) is 2.31. The maximum Gasteiger partial charge on any atom is 0.308 e. The summed E-state index contributed by atoms with van der Waals surface area (Å²) in [6.45, 7) is 4.09. The molecule has 5 rings (SSSR count). The van der Waals surface area contributed by atoms with Gasteiger partial charge in [-0.2, -0.15) is 4.31 Å². The van der Waals surface area contributed by atoms with Gasteiger partial charge < -0.3 is 4.90 Å². The third-order valence-electron chi connectivity index (χ3n) is 6.65. The molecule has 0 atom stereocenters. The number of thiazole rings is 1. The number of benzene rings is 3. The summed E-state index contributed by atoms with van der Waals surface area (Å²) in [5, 5.41) is 0. The summed E-state index contributed by atoms with van der Waals surface area (Å²) in [4.78, 5) is 14.6. The van der Waals surface area contributed by atoms with Crippen LogP contribution >= 0.6 is 11.3 Å². The molecule has 2 heterocycles. The number of likely N-dealkylation sites (N-methyl/N-ethyl adjacent to an activating group) is 1. The molecular formula is C26H28N4O5S3. The first-order valence-electron chi connectivity index (χ1n) is 12.0. The number of hydrogen-bond donors (Lipinski definition) is 1. The van der Waals surface area contributed by atoms with E-state index in [0.717, 1.165) is 16.9 Å². The summed E-state index contributed by atoms with van der Waals surface area (Å²) in [7, 11) is -5.88. The molecule has 1 fully saturated rings. The highest BCUT2D eigenvalue weighted by molar-refractivity contribution is 7.92. The van der Waals surface area contributed by atoms with Gasteiger partial charge in [-0.15, -0.1) is 0 Å². The molecule has 12 heteroatoms.